The molecule has 0 fully saturated rings. The van der Waals surface area contributed by atoms with Gasteiger partial charge in [-0.05, 0) is 40.5 Å². The van der Waals surface area contributed by atoms with Crippen LogP contribution in [-0.4, -0.2) is 14.8 Å². The van der Waals surface area contributed by atoms with Crippen LogP contribution in [-0.2, 0) is 6.54 Å². The van der Waals surface area contributed by atoms with E-state index in [4.69, 9.17) is 0 Å². The summed E-state index contributed by atoms with van der Waals surface area (Å²) < 4.78 is 4.13. The lowest BCUT2D eigenvalue weighted by atomic mass is 10.2. The number of hydrogen-bond acceptors (Lipinski definition) is 2. The summed E-state index contributed by atoms with van der Waals surface area (Å²) in [5, 5.41) is 8.12. The van der Waals surface area contributed by atoms with Gasteiger partial charge in [-0.2, -0.15) is 0 Å². The van der Waals surface area contributed by atoms with Gasteiger partial charge >= 0.3 is 0 Å². The van der Waals surface area contributed by atoms with E-state index in [1.54, 1.807) is 6.33 Å². The Morgan fingerprint density at radius 1 is 1.31 bits per heavy atom. The lowest BCUT2D eigenvalue weighted by Gasteiger charge is -2.06. The molecular formula is C11H11Br2N3. The van der Waals surface area contributed by atoms with Crippen molar-refractivity contribution in [3.63, 3.8) is 0 Å². The Bertz CT molecular complexity index is 494. The van der Waals surface area contributed by atoms with E-state index in [2.05, 4.69) is 53.5 Å². The molecule has 0 saturated carbocycles. The second kappa shape index (κ2) is 5.10. The Kier molecular flexibility index (Phi) is 3.76. The lowest BCUT2D eigenvalue weighted by Crippen LogP contribution is -1.98. The molecular weight excluding hydrogens is 334 g/mol. The second-order valence-electron chi connectivity index (χ2n) is 3.47. The van der Waals surface area contributed by atoms with Crippen LogP contribution < -0.4 is 0 Å². The monoisotopic (exact) mass is 343 g/mol. The molecule has 1 heterocycles. The molecule has 0 bridgehead atoms. The first-order valence-corrected chi connectivity index (χ1v) is 6.64. The van der Waals surface area contributed by atoms with Gasteiger partial charge in [-0.25, -0.2) is 0 Å². The van der Waals surface area contributed by atoms with Crippen molar-refractivity contribution < 1.29 is 0 Å². The van der Waals surface area contributed by atoms with Gasteiger partial charge in [0.25, 0.3) is 0 Å². The molecule has 5 heteroatoms. The molecule has 0 aliphatic rings. The molecule has 2 rings (SSSR count). The fraction of sp³-hybridized carbons (Fsp3) is 0.273. The number of benzene rings is 1. The zero-order chi connectivity index (χ0) is 11.5. The summed E-state index contributed by atoms with van der Waals surface area (Å²) in [7, 11) is 0. The molecule has 0 amide bonds. The average molecular weight is 345 g/mol. The van der Waals surface area contributed by atoms with Gasteiger partial charge < -0.3 is 4.57 Å². The largest absolute Gasteiger partial charge is 0.314 e. The van der Waals surface area contributed by atoms with E-state index >= 15 is 0 Å². The molecule has 0 aliphatic carbocycles. The van der Waals surface area contributed by atoms with E-state index in [1.807, 2.05) is 18.2 Å². The van der Waals surface area contributed by atoms with Crippen LogP contribution in [0.1, 0.15) is 13.3 Å². The molecule has 1 aromatic heterocycles. The summed E-state index contributed by atoms with van der Waals surface area (Å²) >= 11 is 6.98. The molecule has 16 heavy (non-hydrogen) atoms. The number of nitrogens with zero attached hydrogens (tertiary/aromatic N) is 3. The number of aryl methyl sites for hydroxylation is 1. The van der Waals surface area contributed by atoms with Crippen molar-refractivity contribution in [2.45, 2.75) is 19.9 Å². The van der Waals surface area contributed by atoms with Crippen LogP contribution in [0.5, 0.6) is 0 Å². The van der Waals surface area contributed by atoms with Gasteiger partial charge in [0.1, 0.15) is 6.33 Å². The number of rotatable bonds is 3. The van der Waals surface area contributed by atoms with E-state index in [1.165, 1.54) is 0 Å². The normalized spacial score (nSPS) is 10.7. The average Bonchev–Trinajstić information content (AvgIpc) is 2.67. The maximum absolute atomic E-state index is 4.16. The molecule has 0 radical (unpaired) electrons. The Labute approximate surface area is 111 Å². The van der Waals surface area contributed by atoms with Crippen LogP contribution in [0, 0.1) is 0 Å². The highest BCUT2D eigenvalue weighted by molar-refractivity contribution is 9.11. The third-order valence-corrected chi connectivity index (χ3v) is 3.40. The first-order chi connectivity index (χ1) is 7.72. The Morgan fingerprint density at radius 2 is 2.12 bits per heavy atom. The minimum atomic E-state index is 0.904. The molecule has 0 aliphatic heterocycles. The van der Waals surface area contributed by atoms with Gasteiger partial charge in [0, 0.05) is 21.1 Å². The van der Waals surface area contributed by atoms with E-state index in [9.17, 15) is 0 Å². The summed E-state index contributed by atoms with van der Waals surface area (Å²) in [5.74, 6) is 0.904. The van der Waals surface area contributed by atoms with Crippen molar-refractivity contribution in [3.8, 4) is 11.4 Å². The molecule has 1 aromatic carbocycles. The fourth-order valence-corrected chi connectivity index (χ4v) is 2.76. The number of hydrogen-bond donors (Lipinski definition) is 0. The first kappa shape index (κ1) is 11.8. The minimum Gasteiger partial charge on any atom is -0.314 e. The quantitative estimate of drug-likeness (QED) is 0.845. The summed E-state index contributed by atoms with van der Waals surface area (Å²) in [6.07, 6.45) is 2.84. The highest BCUT2D eigenvalue weighted by Gasteiger charge is 2.10. The minimum absolute atomic E-state index is 0.904. The maximum Gasteiger partial charge on any atom is 0.164 e. The molecule has 84 valence electrons. The predicted molar refractivity (Wildman–Crippen MR) is 71.1 cm³/mol. The first-order valence-electron chi connectivity index (χ1n) is 5.05. The Hall–Kier alpha value is -0.680. The SMILES string of the molecule is CCCn1cnnc1-c1ccc(Br)cc1Br. The zero-order valence-electron chi connectivity index (χ0n) is 8.82. The van der Waals surface area contributed by atoms with Crippen molar-refractivity contribution in [2.75, 3.05) is 0 Å². The highest BCUT2D eigenvalue weighted by Crippen LogP contribution is 2.29. The topological polar surface area (TPSA) is 30.7 Å². The summed E-state index contributed by atoms with van der Waals surface area (Å²) in [4.78, 5) is 0. The van der Waals surface area contributed by atoms with Crippen LogP contribution >= 0.6 is 31.9 Å². The van der Waals surface area contributed by atoms with Crippen molar-refractivity contribution in [2.24, 2.45) is 0 Å². The van der Waals surface area contributed by atoms with Crippen LogP contribution in [0.2, 0.25) is 0 Å². The Balaban J connectivity index is 2.46. The maximum atomic E-state index is 4.16. The van der Waals surface area contributed by atoms with Gasteiger partial charge in [-0.15, -0.1) is 10.2 Å². The van der Waals surface area contributed by atoms with Crippen LogP contribution in [0.15, 0.2) is 33.5 Å². The van der Waals surface area contributed by atoms with Crippen LogP contribution in [0.25, 0.3) is 11.4 Å². The van der Waals surface area contributed by atoms with Gasteiger partial charge in [0.2, 0.25) is 0 Å². The summed E-state index contributed by atoms with van der Waals surface area (Å²) in [5.41, 5.74) is 1.06. The molecule has 3 nitrogen and oxygen atoms in total. The van der Waals surface area contributed by atoms with Crippen molar-refractivity contribution in [1.29, 1.82) is 0 Å². The standard InChI is InChI=1S/C11H11Br2N3/c1-2-5-16-7-14-15-11(16)9-4-3-8(12)6-10(9)13/h3-4,6-7H,2,5H2,1H3. The third-order valence-electron chi connectivity index (χ3n) is 2.25. The van der Waals surface area contributed by atoms with E-state index in [0.717, 1.165) is 33.3 Å². The highest BCUT2D eigenvalue weighted by atomic mass is 79.9. The molecule has 2 aromatic rings. The van der Waals surface area contributed by atoms with Gasteiger partial charge in [0.15, 0.2) is 5.82 Å². The van der Waals surface area contributed by atoms with E-state index in [0.29, 0.717) is 0 Å². The van der Waals surface area contributed by atoms with Gasteiger partial charge in [-0.1, -0.05) is 22.9 Å². The van der Waals surface area contributed by atoms with Crippen LogP contribution in [0.3, 0.4) is 0 Å². The zero-order valence-corrected chi connectivity index (χ0v) is 12.0. The lowest BCUT2D eigenvalue weighted by molar-refractivity contribution is 0.682. The molecule has 0 atom stereocenters. The van der Waals surface area contributed by atoms with Crippen LogP contribution in [0.4, 0.5) is 0 Å². The number of halogens is 2. The fourth-order valence-electron chi connectivity index (χ4n) is 1.54. The van der Waals surface area contributed by atoms with Crippen molar-refractivity contribution >= 4 is 31.9 Å². The summed E-state index contributed by atoms with van der Waals surface area (Å²) in [6, 6.07) is 6.05. The molecule has 0 saturated heterocycles. The second-order valence-corrected chi connectivity index (χ2v) is 5.24. The molecule has 0 unspecified atom stereocenters. The van der Waals surface area contributed by atoms with Gasteiger partial charge in [0.05, 0.1) is 0 Å². The smallest absolute Gasteiger partial charge is 0.164 e. The van der Waals surface area contributed by atoms with E-state index < -0.39 is 0 Å². The predicted octanol–water partition coefficient (Wildman–Crippen LogP) is 3.88. The van der Waals surface area contributed by atoms with Crippen molar-refractivity contribution in [1.82, 2.24) is 14.8 Å². The van der Waals surface area contributed by atoms with Crippen molar-refractivity contribution in [3.05, 3.63) is 33.5 Å². The van der Waals surface area contributed by atoms with Gasteiger partial charge in [-0.3, -0.25) is 0 Å². The Morgan fingerprint density at radius 3 is 2.81 bits per heavy atom. The number of aromatic nitrogens is 3. The molecule has 0 N–H and O–H groups in total. The third kappa shape index (κ3) is 2.35. The summed E-state index contributed by atoms with van der Waals surface area (Å²) in [6.45, 7) is 3.07. The van der Waals surface area contributed by atoms with E-state index in [-0.39, 0.29) is 0 Å². The molecule has 0 spiro atoms.